The maximum absolute atomic E-state index is 5.89. The van der Waals surface area contributed by atoms with Crippen LogP contribution >= 0.6 is 15.9 Å². The molecule has 0 fully saturated rings. The molecule has 0 aliphatic heterocycles. The van der Waals surface area contributed by atoms with E-state index in [-0.39, 0.29) is 6.04 Å². The van der Waals surface area contributed by atoms with Crippen LogP contribution in [0.15, 0.2) is 46.9 Å². The Balaban J connectivity index is 2.17. The van der Waals surface area contributed by atoms with Crippen molar-refractivity contribution in [1.82, 2.24) is 0 Å². The maximum atomic E-state index is 5.89. The van der Waals surface area contributed by atoms with E-state index in [2.05, 4.69) is 41.9 Å². The summed E-state index contributed by atoms with van der Waals surface area (Å²) in [7, 11) is 0. The van der Waals surface area contributed by atoms with Gasteiger partial charge in [-0.2, -0.15) is 0 Å². The molecule has 2 aromatic rings. The summed E-state index contributed by atoms with van der Waals surface area (Å²) in [5.41, 5.74) is 8.26. The third-order valence-corrected chi connectivity index (χ3v) is 3.88. The minimum absolute atomic E-state index is 0.0191. The van der Waals surface area contributed by atoms with Gasteiger partial charge in [-0.05, 0) is 64.2 Å². The fourth-order valence-corrected chi connectivity index (χ4v) is 2.41. The van der Waals surface area contributed by atoms with Crippen LogP contribution in [0.2, 0.25) is 0 Å². The van der Waals surface area contributed by atoms with Gasteiger partial charge in [0.25, 0.3) is 0 Å². The first-order chi connectivity index (χ1) is 9.47. The molecule has 106 valence electrons. The first-order valence-electron chi connectivity index (χ1n) is 6.80. The SMILES string of the molecule is CC(C)c1ccc(Oc2ccc(C(C)N)cc2Br)cc1. The number of hydrogen-bond donors (Lipinski definition) is 1. The molecule has 20 heavy (non-hydrogen) atoms. The molecule has 0 saturated heterocycles. The molecule has 0 aliphatic rings. The molecule has 2 N–H and O–H groups in total. The van der Waals surface area contributed by atoms with Crippen molar-refractivity contribution < 1.29 is 4.74 Å². The van der Waals surface area contributed by atoms with Crippen molar-refractivity contribution in [2.45, 2.75) is 32.7 Å². The van der Waals surface area contributed by atoms with Gasteiger partial charge in [-0.15, -0.1) is 0 Å². The third-order valence-electron chi connectivity index (χ3n) is 3.26. The van der Waals surface area contributed by atoms with E-state index in [9.17, 15) is 0 Å². The zero-order valence-electron chi connectivity index (χ0n) is 12.1. The van der Waals surface area contributed by atoms with Gasteiger partial charge in [0.2, 0.25) is 0 Å². The van der Waals surface area contributed by atoms with Crippen LogP contribution in [-0.4, -0.2) is 0 Å². The summed E-state index contributed by atoms with van der Waals surface area (Å²) in [4.78, 5) is 0. The molecule has 2 nitrogen and oxygen atoms in total. The van der Waals surface area contributed by atoms with Crippen LogP contribution in [-0.2, 0) is 0 Å². The fourth-order valence-electron chi connectivity index (χ4n) is 1.93. The lowest BCUT2D eigenvalue weighted by Crippen LogP contribution is -2.04. The second-order valence-electron chi connectivity index (χ2n) is 5.30. The second kappa shape index (κ2) is 6.42. The molecule has 0 saturated carbocycles. The average molecular weight is 334 g/mol. The Morgan fingerprint density at radius 1 is 0.950 bits per heavy atom. The average Bonchev–Trinajstić information content (AvgIpc) is 2.41. The van der Waals surface area contributed by atoms with E-state index in [4.69, 9.17) is 10.5 Å². The van der Waals surface area contributed by atoms with E-state index >= 15 is 0 Å². The summed E-state index contributed by atoms with van der Waals surface area (Å²) >= 11 is 3.53. The van der Waals surface area contributed by atoms with Crippen LogP contribution < -0.4 is 10.5 Å². The van der Waals surface area contributed by atoms with Crippen molar-refractivity contribution >= 4 is 15.9 Å². The predicted octanol–water partition coefficient (Wildman–Crippen LogP) is 5.38. The van der Waals surface area contributed by atoms with Crippen LogP contribution in [0.1, 0.15) is 43.9 Å². The van der Waals surface area contributed by atoms with Gasteiger partial charge in [0.1, 0.15) is 11.5 Å². The molecular formula is C17H20BrNO. The van der Waals surface area contributed by atoms with Crippen LogP contribution in [0, 0.1) is 0 Å². The van der Waals surface area contributed by atoms with E-state index in [0.717, 1.165) is 21.5 Å². The summed E-state index contributed by atoms with van der Waals surface area (Å²) in [5, 5.41) is 0. The summed E-state index contributed by atoms with van der Waals surface area (Å²) in [6.45, 7) is 6.32. The molecule has 0 heterocycles. The summed E-state index contributed by atoms with van der Waals surface area (Å²) in [5.74, 6) is 2.16. The topological polar surface area (TPSA) is 35.2 Å². The van der Waals surface area contributed by atoms with Crippen molar-refractivity contribution in [2.75, 3.05) is 0 Å². The van der Waals surface area contributed by atoms with Crippen LogP contribution in [0.4, 0.5) is 0 Å². The highest BCUT2D eigenvalue weighted by molar-refractivity contribution is 9.10. The summed E-state index contributed by atoms with van der Waals surface area (Å²) in [6, 6.07) is 14.2. The lowest BCUT2D eigenvalue weighted by Gasteiger charge is -2.12. The zero-order chi connectivity index (χ0) is 14.7. The van der Waals surface area contributed by atoms with Crippen LogP contribution in [0.5, 0.6) is 11.5 Å². The number of ether oxygens (including phenoxy) is 1. The van der Waals surface area contributed by atoms with Crippen molar-refractivity contribution in [3.05, 3.63) is 58.1 Å². The first-order valence-corrected chi connectivity index (χ1v) is 7.59. The maximum Gasteiger partial charge on any atom is 0.141 e. The molecular weight excluding hydrogens is 314 g/mol. The Hall–Kier alpha value is -1.32. The van der Waals surface area contributed by atoms with Gasteiger partial charge in [0, 0.05) is 6.04 Å². The summed E-state index contributed by atoms with van der Waals surface area (Å²) in [6.07, 6.45) is 0. The number of halogens is 1. The van der Waals surface area contributed by atoms with Gasteiger partial charge < -0.3 is 10.5 Å². The van der Waals surface area contributed by atoms with Crippen molar-refractivity contribution in [1.29, 1.82) is 0 Å². The van der Waals surface area contributed by atoms with E-state index in [1.165, 1.54) is 5.56 Å². The minimum atomic E-state index is 0.0191. The fraction of sp³-hybridized carbons (Fsp3) is 0.294. The molecule has 0 aliphatic carbocycles. The lowest BCUT2D eigenvalue weighted by molar-refractivity contribution is 0.479. The Labute approximate surface area is 129 Å². The molecule has 0 bridgehead atoms. The highest BCUT2D eigenvalue weighted by atomic mass is 79.9. The molecule has 2 aromatic carbocycles. The smallest absolute Gasteiger partial charge is 0.141 e. The largest absolute Gasteiger partial charge is 0.456 e. The highest BCUT2D eigenvalue weighted by Crippen LogP contribution is 2.32. The monoisotopic (exact) mass is 333 g/mol. The number of benzene rings is 2. The van der Waals surface area contributed by atoms with E-state index < -0.39 is 0 Å². The molecule has 1 unspecified atom stereocenters. The molecule has 0 amide bonds. The van der Waals surface area contributed by atoms with Gasteiger partial charge in [-0.25, -0.2) is 0 Å². The van der Waals surface area contributed by atoms with E-state index in [1.54, 1.807) is 0 Å². The van der Waals surface area contributed by atoms with Gasteiger partial charge in [0.05, 0.1) is 4.47 Å². The molecule has 0 radical (unpaired) electrons. The molecule has 2 rings (SSSR count). The van der Waals surface area contributed by atoms with Crippen molar-refractivity contribution in [3.63, 3.8) is 0 Å². The Kier molecular flexibility index (Phi) is 4.84. The molecule has 0 spiro atoms. The van der Waals surface area contributed by atoms with Crippen molar-refractivity contribution in [2.24, 2.45) is 5.73 Å². The van der Waals surface area contributed by atoms with Crippen molar-refractivity contribution in [3.8, 4) is 11.5 Å². The zero-order valence-corrected chi connectivity index (χ0v) is 13.6. The normalized spacial score (nSPS) is 12.5. The van der Waals surface area contributed by atoms with Gasteiger partial charge in [0.15, 0.2) is 0 Å². The van der Waals surface area contributed by atoms with Gasteiger partial charge >= 0.3 is 0 Å². The van der Waals surface area contributed by atoms with Crippen LogP contribution in [0.25, 0.3) is 0 Å². The standard InChI is InChI=1S/C17H20BrNO/c1-11(2)13-4-7-15(8-5-13)20-17-9-6-14(12(3)19)10-16(17)18/h4-12H,19H2,1-3H3. The van der Waals surface area contributed by atoms with E-state index in [0.29, 0.717) is 5.92 Å². The first kappa shape index (κ1) is 15.1. The molecule has 1 atom stereocenters. The number of rotatable bonds is 4. The Morgan fingerprint density at radius 3 is 2.05 bits per heavy atom. The Morgan fingerprint density at radius 2 is 1.55 bits per heavy atom. The predicted molar refractivity (Wildman–Crippen MR) is 87.3 cm³/mol. The third kappa shape index (κ3) is 3.62. The van der Waals surface area contributed by atoms with Gasteiger partial charge in [-0.3, -0.25) is 0 Å². The lowest BCUT2D eigenvalue weighted by atomic mass is 10.0. The molecule has 3 heteroatoms. The summed E-state index contributed by atoms with van der Waals surface area (Å²) < 4.78 is 6.81. The number of nitrogens with two attached hydrogens (primary N) is 1. The number of hydrogen-bond acceptors (Lipinski definition) is 2. The Bertz CT molecular complexity index is 576. The second-order valence-corrected chi connectivity index (χ2v) is 6.16. The quantitative estimate of drug-likeness (QED) is 0.814. The van der Waals surface area contributed by atoms with Gasteiger partial charge in [-0.1, -0.05) is 32.0 Å². The minimum Gasteiger partial charge on any atom is -0.456 e. The van der Waals surface area contributed by atoms with E-state index in [1.807, 2.05) is 37.3 Å². The molecule has 0 aromatic heterocycles. The van der Waals surface area contributed by atoms with Crippen LogP contribution in [0.3, 0.4) is 0 Å². The highest BCUT2D eigenvalue weighted by Gasteiger charge is 2.07.